The molecule has 0 bridgehead atoms. The highest BCUT2D eigenvalue weighted by Crippen LogP contribution is 2.46. The monoisotopic (exact) mass is 1790 g/mol. The van der Waals surface area contributed by atoms with Gasteiger partial charge in [-0.3, -0.25) is 29.8 Å². The van der Waals surface area contributed by atoms with Gasteiger partial charge < -0.3 is 122 Å². The summed E-state index contributed by atoms with van der Waals surface area (Å²) in [7, 11) is 0. The Labute approximate surface area is 714 Å². The van der Waals surface area contributed by atoms with Gasteiger partial charge in [0.15, 0.2) is 149 Å². The molecule has 0 fully saturated rings. The number of allylic oxidation sites excluding steroid dienone is 1. The lowest BCUT2D eigenvalue weighted by molar-refractivity contribution is -0.384. The second-order valence-corrected chi connectivity index (χ2v) is 28.3. The number of benzene rings is 12. The van der Waals surface area contributed by atoms with Crippen molar-refractivity contribution in [3.8, 4) is 187 Å². The fourth-order valence-electron chi connectivity index (χ4n) is 11.5. The standard InChI is InChI=1S/C18H13NO6.C17H16N2O5.C15H11BrO5.C14H9N3O6S.C13H12O5.C9H7NO3/c20-15-5-2-11(8-17(15)22)10-1-4-13(14(7-10)19(24)25)12-3-6-16(21)18(23)9-12;1-9(20)19-13(11-3-5-15(22)17(24)7-11)8-12(18-19)10-2-4-14(21)16(23)6-10;16-10-7-15(21)14(20)6-9(10)11(17)3-1-8-2-4-12(18)13(19)5-8;18-9-2-1-6(3-10(9)19)13-15-16-14(24-13)7-4-11(20)12(21)5-8(7)17(22)23;14-9-2-1-7(4-11(9)16)3-8-5-12(17)13(18)6-10(8)15;11-7-2-1-6(3-8(7)12)9-4-10-5-13-9/h1-9,20-23H;2-7,13,21-24H,8H2,1H3;1-7,18-21H;1-5,18-21H;1-2,4-6,14-18H,3H2;1-5,11-12H/b;;3-1+;;;. The number of hydrogen-bond donors (Lipinski definition) is 23. The van der Waals surface area contributed by atoms with Crippen molar-refractivity contribution in [2.75, 3.05) is 0 Å². The predicted molar refractivity (Wildman–Crippen MR) is 451 cm³/mol. The zero-order valence-electron chi connectivity index (χ0n) is 63.9. The second kappa shape index (κ2) is 39.0. The summed E-state index contributed by atoms with van der Waals surface area (Å²) in [5.41, 5.74) is 5.67. The number of oxazole rings is 1. The van der Waals surface area contributed by atoms with Crippen LogP contribution in [0.1, 0.15) is 57.6 Å². The van der Waals surface area contributed by atoms with Crippen LogP contribution < -0.4 is 0 Å². The maximum atomic E-state index is 12.0. The van der Waals surface area contributed by atoms with Crippen molar-refractivity contribution in [2.24, 2.45) is 5.10 Å². The van der Waals surface area contributed by atoms with Crippen molar-refractivity contribution < 1.29 is 141 Å². The summed E-state index contributed by atoms with van der Waals surface area (Å²) in [4.78, 5) is 49.0. The van der Waals surface area contributed by atoms with Crippen molar-refractivity contribution in [3.63, 3.8) is 0 Å². The van der Waals surface area contributed by atoms with E-state index in [1.165, 1.54) is 182 Å². The number of halogens is 1. The summed E-state index contributed by atoms with van der Waals surface area (Å²) in [6.07, 6.45) is 6.16. The molecule has 12 aromatic carbocycles. The number of nitro groups is 2. The van der Waals surface area contributed by atoms with Gasteiger partial charge in [0.1, 0.15) is 10.8 Å². The van der Waals surface area contributed by atoms with Crippen LogP contribution in [0.5, 0.6) is 132 Å². The van der Waals surface area contributed by atoms with Gasteiger partial charge in [0, 0.05) is 70.3 Å². The van der Waals surface area contributed by atoms with Gasteiger partial charge in [-0.05, 0) is 195 Å². The Hall–Kier alpha value is -17.4. The van der Waals surface area contributed by atoms with E-state index >= 15 is 0 Å². The summed E-state index contributed by atoms with van der Waals surface area (Å²) in [5, 5.41) is 253. The number of nitrogens with zero attached hydrogens (tertiary/aromatic N) is 7. The largest absolute Gasteiger partial charge is 0.508 e. The molecule has 1 unspecified atom stereocenters. The van der Waals surface area contributed by atoms with Crippen LogP contribution in [-0.2, 0) is 11.2 Å². The van der Waals surface area contributed by atoms with Crippen molar-refractivity contribution in [3.05, 3.63) is 277 Å². The van der Waals surface area contributed by atoms with Crippen molar-refractivity contribution >= 4 is 62.1 Å². The second-order valence-electron chi connectivity index (χ2n) is 26.5. The summed E-state index contributed by atoms with van der Waals surface area (Å²) in [5.74, 6) is -7.13. The number of nitro benzene ring substituents is 2. The SMILES string of the molecule is CC(=O)N1N=C(c2ccc(O)c(O)c2)CC1c1ccc(O)c(O)c1.O=C(/C=C/c1ccc(O)c(O)c1)c1cc(O)c(O)cc1Br.O=[N+]([O-])c1cc(-c2ccc(O)c(O)c2)ccc1-c1ccc(O)c(O)c1.O=[N+]([O-])c1cc(O)c(O)cc1-c1nnc(-c2ccc(O)c(O)c2)s1.Oc1ccc(-c2cnco2)cc1O.Oc1ccc(Cc2cc(O)c(O)cc2O)cc1O. The molecule has 0 radical (unpaired) electrons. The third-order valence-electron chi connectivity index (χ3n) is 17.9. The highest BCUT2D eigenvalue weighted by atomic mass is 79.9. The number of carbonyl (C=O) groups excluding carboxylic acids is 2. The van der Waals surface area contributed by atoms with E-state index in [1.807, 2.05) is 0 Å². The molecule has 125 heavy (non-hydrogen) atoms. The maximum absolute atomic E-state index is 12.0. The molecule has 1 aliphatic rings. The Balaban J connectivity index is 0.000000158. The molecule has 14 aromatic rings. The first-order valence-electron chi connectivity index (χ1n) is 35.6. The number of aromatic hydroxyl groups is 23. The van der Waals surface area contributed by atoms with Gasteiger partial charge in [-0.2, -0.15) is 5.10 Å². The van der Waals surface area contributed by atoms with Gasteiger partial charge in [0.25, 0.3) is 11.4 Å². The highest BCUT2D eigenvalue weighted by molar-refractivity contribution is 9.10. The van der Waals surface area contributed by atoms with E-state index in [9.17, 15) is 142 Å². The smallest absolute Gasteiger partial charge is 0.283 e. The Morgan fingerprint density at radius 2 is 0.864 bits per heavy atom. The molecule has 1 aliphatic heterocycles. The van der Waals surface area contributed by atoms with Crippen LogP contribution in [0.3, 0.4) is 0 Å². The molecule has 1 atom stereocenters. The van der Waals surface area contributed by atoms with Gasteiger partial charge in [0.05, 0.1) is 45.0 Å². The van der Waals surface area contributed by atoms with E-state index in [1.54, 1.807) is 30.3 Å². The zero-order valence-corrected chi connectivity index (χ0v) is 66.3. The Morgan fingerprint density at radius 1 is 0.432 bits per heavy atom. The minimum Gasteiger partial charge on any atom is -0.508 e. The molecule has 37 nitrogen and oxygen atoms in total. The van der Waals surface area contributed by atoms with Gasteiger partial charge in [0.2, 0.25) is 5.91 Å². The van der Waals surface area contributed by atoms with Gasteiger partial charge in [-0.1, -0.05) is 53.8 Å². The van der Waals surface area contributed by atoms with E-state index in [2.05, 4.69) is 36.2 Å². The normalized spacial score (nSPS) is 11.8. The lowest BCUT2D eigenvalue weighted by Crippen LogP contribution is -2.24. The number of hydrogen-bond acceptors (Lipinski definition) is 35. The number of aromatic nitrogens is 3. The molecule has 0 aliphatic carbocycles. The first-order chi connectivity index (χ1) is 59.2. The van der Waals surface area contributed by atoms with E-state index in [0.717, 1.165) is 35.6 Å². The number of phenolic OH excluding ortho intramolecular Hbond substituents is 23. The maximum Gasteiger partial charge on any atom is 0.283 e. The number of amides is 1. The molecule has 0 spiro atoms. The highest BCUT2D eigenvalue weighted by Gasteiger charge is 2.33. The molecule has 3 heterocycles. The topological polar surface area (TPSA) is 653 Å². The lowest BCUT2D eigenvalue weighted by Gasteiger charge is -2.20. The van der Waals surface area contributed by atoms with Crippen LogP contribution in [0, 0.1) is 20.2 Å². The van der Waals surface area contributed by atoms with Gasteiger partial charge in [-0.25, -0.2) is 9.99 Å². The Bertz CT molecular complexity index is 6500. The molecule has 2 aromatic heterocycles. The van der Waals surface area contributed by atoms with Crippen molar-refractivity contribution in [1.29, 1.82) is 0 Å². The van der Waals surface area contributed by atoms with Crippen LogP contribution >= 0.6 is 27.3 Å². The quantitative estimate of drug-likeness (QED) is 0.0120. The molecular formula is C86H68BrN7O30S. The first-order valence-corrected chi connectivity index (χ1v) is 37.3. The number of carbonyl (C=O) groups is 2. The number of phenols is 23. The molecule has 23 N–H and O–H groups in total. The van der Waals surface area contributed by atoms with Crippen LogP contribution in [0.4, 0.5) is 11.4 Å². The fourth-order valence-corrected chi connectivity index (χ4v) is 12.9. The number of hydrazone groups is 1. The molecule has 15 rings (SSSR count). The molecular weight excluding hydrogens is 1720 g/mol. The number of ketones is 1. The lowest BCUT2D eigenvalue weighted by atomic mass is 9.98. The molecule has 39 heteroatoms. The van der Waals surface area contributed by atoms with E-state index in [-0.39, 0.29) is 149 Å². The van der Waals surface area contributed by atoms with Crippen LogP contribution in [0.25, 0.3) is 60.8 Å². The average Bonchev–Trinajstić information content (AvgIpc) is 1.04. The van der Waals surface area contributed by atoms with Gasteiger partial charge >= 0.3 is 0 Å². The van der Waals surface area contributed by atoms with Crippen LogP contribution in [0.2, 0.25) is 0 Å². The van der Waals surface area contributed by atoms with E-state index < -0.39 is 50.4 Å². The fraction of sp³-hybridized carbons (Fsp3) is 0.0465. The summed E-state index contributed by atoms with van der Waals surface area (Å²) < 4.78 is 5.36. The molecule has 0 saturated carbocycles. The van der Waals surface area contributed by atoms with Crippen molar-refractivity contribution in [2.45, 2.75) is 25.8 Å². The molecule has 640 valence electrons. The average molecular weight is 1790 g/mol. The van der Waals surface area contributed by atoms with E-state index in [4.69, 9.17) is 9.52 Å². The predicted octanol–water partition coefficient (Wildman–Crippen LogP) is 15.3. The van der Waals surface area contributed by atoms with Crippen LogP contribution in [-0.4, -0.2) is 165 Å². The summed E-state index contributed by atoms with van der Waals surface area (Å²) in [6, 6.07) is 44.3. The zero-order chi connectivity index (χ0) is 91.1. The minimum absolute atomic E-state index is 0.00190. The Morgan fingerprint density at radius 3 is 1.42 bits per heavy atom. The summed E-state index contributed by atoms with van der Waals surface area (Å²) >= 11 is 4.12. The van der Waals surface area contributed by atoms with Gasteiger partial charge in [-0.15, -0.1) is 10.2 Å². The Kier molecular flexibility index (Phi) is 28.1. The van der Waals surface area contributed by atoms with E-state index in [0.29, 0.717) is 83.0 Å². The first kappa shape index (κ1) is 90.0. The number of rotatable bonds is 14. The third kappa shape index (κ3) is 22.3. The van der Waals surface area contributed by atoms with Crippen LogP contribution in [0.15, 0.2) is 233 Å². The van der Waals surface area contributed by atoms with Crippen molar-refractivity contribution in [1.82, 2.24) is 20.2 Å². The third-order valence-corrected chi connectivity index (χ3v) is 19.6. The summed E-state index contributed by atoms with van der Waals surface area (Å²) in [6.45, 7) is 1.38. The molecule has 0 saturated heterocycles. The molecule has 1 amide bonds. The minimum atomic E-state index is -0.706.